The lowest BCUT2D eigenvalue weighted by Crippen LogP contribution is -2.41. The molecule has 2 heterocycles. The third-order valence-corrected chi connectivity index (χ3v) is 5.19. The van der Waals surface area contributed by atoms with Crippen LogP contribution < -0.4 is 0 Å². The number of rotatable bonds is 3. The molecule has 1 amide bonds. The van der Waals surface area contributed by atoms with Gasteiger partial charge in [-0.05, 0) is 43.7 Å². The molecule has 0 N–H and O–H groups in total. The van der Waals surface area contributed by atoms with Gasteiger partial charge < -0.3 is 4.90 Å². The van der Waals surface area contributed by atoms with Gasteiger partial charge in [-0.1, -0.05) is 29.8 Å². The first-order valence-corrected chi connectivity index (χ1v) is 8.57. The van der Waals surface area contributed by atoms with Crippen LogP contribution in [0.25, 0.3) is 0 Å². The molecular weight excluding hydrogens is 286 g/mol. The summed E-state index contributed by atoms with van der Waals surface area (Å²) < 4.78 is 2.00. The fourth-order valence-electron chi connectivity index (χ4n) is 3.84. The molecule has 0 bridgehead atoms. The highest BCUT2D eigenvalue weighted by atomic mass is 16.2. The summed E-state index contributed by atoms with van der Waals surface area (Å²) >= 11 is 0. The summed E-state index contributed by atoms with van der Waals surface area (Å²) in [6.45, 7) is 3.81. The number of benzene rings is 1. The summed E-state index contributed by atoms with van der Waals surface area (Å²) in [7, 11) is 0. The summed E-state index contributed by atoms with van der Waals surface area (Å²) in [6, 6.07) is 10.9. The van der Waals surface area contributed by atoms with Gasteiger partial charge in [0, 0.05) is 31.4 Å². The van der Waals surface area contributed by atoms with Crippen molar-refractivity contribution in [3.05, 3.63) is 53.9 Å². The maximum atomic E-state index is 12.8. The third kappa shape index (κ3) is 2.90. The smallest absolute Gasteiger partial charge is 0.226 e. The first-order chi connectivity index (χ1) is 11.2. The van der Waals surface area contributed by atoms with E-state index in [1.807, 2.05) is 23.1 Å². The number of carbonyl (C=O) groups is 1. The molecule has 3 atom stereocenters. The molecule has 23 heavy (non-hydrogen) atoms. The van der Waals surface area contributed by atoms with Crippen molar-refractivity contribution in [2.75, 3.05) is 13.1 Å². The van der Waals surface area contributed by atoms with E-state index in [1.54, 1.807) is 0 Å². The van der Waals surface area contributed by atoms with E-state index in [-0.39, 0.29) is 5.92 Å². The minimum Gasteiger partial charge on any atom is -0.340 e. The molecule has 3 unspecified atom stereocenters. The minimum absolute atomic E-state index is 0.188. The Hall–Kier alpha value is -2.10. The molecular formula is C19H23N3O. The Labute approximate surface area is 137 Å². The maximum Gasteiger partial charge on any atom is 0.226 e. The van der Waals surface area contributed by atoms with E-state index >= 15 is 0 Å². The second-order valence-corrected chi connectivity index (χ2v) is 6.93. The molecule has 2 fully saturated rings. The van der Waals surface area contributed by atoms with Gasteiger partial charge in [-0.3, -0.25) is 9.48 Å². The SMILES string of the molecule is Cc1cccc(C2CC2C(=O)N2CCCC(n3cccn3)C2)c1. The molecule has 4 rings (SSSR count). The van der Waals surface area contributed by atoms with Crippen molar-refractivity contribution in [3.63, 3.8) is 0 Å². The molecule has 2 aromatic rings. The molecule has 0 spiro atoms. The normalized spacial score (nSPS) is 27.0. The van der Waals surface area contributed by atoms with Crippen LogP contribution in [0.2, 0.25) is 0 Å². The zero-order valence-electron chi connectivity index (χ0n) is 13.6. The molecule has 1 saturated carbocycles. The fourth-order valence-corrected chi connectivity index (χ4v) is 3.84. The van der Waals surface area contributed by atoms with Gasteiger partial charge in [-0.25, -0.2) is 0 Å². The number of aromatic nitrogens is 2. The zero-order chi connectivity index (χ0) is 15.8. The number of carbonyl (C=O) groups excluding carboxylic acids is 1. The number of nitrogens with zero attached hydrogens (tertiary/aromatic N) is 3. The lowest BCUT2D eigenvalue weighted by molar-refractivity contribution is -0.134. The Bertz CT molecular complexity index is 694. The van der Waals surface area contributed by atoms with Crippen molar-refractivity contribution in [2.24, 2.45) is 5.92 Å². The molecule has 0 radical (unpaired) electrons. The number of hydrogen-bond acceptors (Lipinski definition) is 2. The van der Waals surface area contributed by atoms with Crippen molar-refractivity contribution in [2.45, 2.75) is 38.1 Å². The Morgan fingerprint density at radius 1 is 1.30 bits per heavy atom. The highest BCUT2D eigenvalue weighted by Gasteiger charge is 2.46. The highest BCUT2D eigenvalue weighted by molar-refractivity contribution is 5.83. The molecule has 1 aromatic carbocycles. The Morgan fingerprint density at radius 3 is 3.00 bits per heavy atom. The van der Waals surface area contributed by atoms with Crippen LogP contribution in [-0.2, 0) is 4.79 Å². The van der Waals surface area contributed by atoms with Crippen LogP contribution in [0.3, 0.4) is 0 Å². The molecule has 1 aliphatic heterocycles. The average Bonchev–Trinajstić information content (AvgIpc) is 3.19. The summed E-state index contributed by atoms with van der Waals surface area (Å²) in [6.07, 6.45) is 7.00. The van der Waals surface area contributed by atoms with Crippen LogP contribution in [0, 0.1) is 12.8 Å². The van der Waals surface area contributed by atoms with Crippen molar-refractivity contribution in [3.8, 4) is 0 Å². The van der Waals surface area contributed by atoms with Crippen molar-refractivity contribution in [1.82, 2.24) is 14.7 Å². The van der Waals surface area contributed by atoms with Crippen molar-refractivity contribution in [1.29, 1.82) is 0 Å². The Kier molecular flexibility index (Phi) is 3.68. The molecule has 1 aliphatic carbocycles. The van der Waals surface area contributed by atoms with Crippen LogP contribution >= 0.6 is 0 Å². The van der Waals surface area contributed by atoms with Gasteiger partial charge in [-0.2, -0.15) is 5.10 Å². The predicted molar refractivity (Wildman–Crippen MR) is 89.1 cm³/mol. The van der Waals surface area contributed by atoms with Gasteiger partial charge in [0.25, 0.3) is 0 Å². The highest BCUT2D eigenvalue weighted by Crippen LogP contribution is 2.49. The Morgan fingerprint density at radius 2 is 2.22 bits per heavy atom. The van der Waals surface area contributed by atoms with Gasteiger partial charge >= 0.3 is 0 Å². The summed E-state index contributed by atoms with van der Waals surface area (Å²) in [5, 5.41) is 4.35. The number of hydrogen-bond donors (Lipinski definition) is 0. The van der Waals surface area contributed by atoms with Crippen LogP contribution in [0.1, 0.15) is 42.3 Å². The largest absolute Gasteiger partial charge is 0.340 e. The lowest BCUT2D eigenvalue weighted by atomic mass is 10.0. The molecule has 2 aliphatic rings. The van der Waals surface area contributed by atoms with Crippen LogP contribution in [0.4, 0.5) is 0 Å². The number of aryl methyl sites for hydroxylation is 1. The minimum atomic E-state index is 0.188. The quantitative estimate of drug-likeness (QED) is 0.873. The second kappa shape index (κ2) is 5.84. The predicted octanol–water partition coefficient (Wildman–Crippen LogP) is 3.16. The summed E-state index contributed by atoms with van der Waals surface area (Å²) in [5.74, 6) is 0.953. The fraction of sp³-hybridized carbons (Fsp3) is 0.474. The molecule has 4 heteroatoms. The van der Waals surface area contributed by atoms with E-state index in [4.69, 9.17) is 0 Å². The van der Waals surface area contributed by atoms with Crippen LogP contribution in [0.15, 0.2) is 42.7 Å². The lowest BCUT2D eigenvalue weighted by Gasteiger charge is -2.33. The number of likely N-dealkylation sites (tertiary alicyclic amines) is 1. The van der Waals surface area contributed by atoms with Crippen LogP contribution in [-0.4, -0.2) is 33.7 Å². The number of piperidine rings is 1. The summed E-state index contributed by atoms with van der Waals surface area (Å²) in [4.78, 5) is 14.9. The van der Waals surface area contributed by atoms with Gasteiger partial charge in [0.05, 0.1) is 6.04 Å². The van der Waals surface area contributed by atoms with E-state index in [1.165, 1.54) is 11.1 Å². The second-order valence-electron chi connectivity index (χ2n) is 6.93. The molecule has 4 nitrogen and oxygen atoms in total. The van der Waals surface area contributed by atoms with Crippen LogP contribution in [0.5, 0.6) is 0 Å². The van der Waals surface area contributed by atoms with E-state index in [0.29, 0.717) is 17.9 Å². The van der Waals surface area contributed by atoms with E-state index in [0.717, 1.165) is 32.4 Å². The topological polar surface area (TPSA) is 38.1 Å². The molecule has 1 saturated heterocycles. The Balaban J connectivity index is 1.42. The third-order valence-electron chi connectivity index (χ3n) is 5.19. The van der Waals surface area contributed by atoms with E-state index in [2.05, 4.69) is 41.2 Å². The van der Waals surface area contributed by atoms with E-state index < -0.39 is 0 Å². The van der Waals surface area contributed by atoms with Gasteiger partial charge in [0.2, 0.25) is 5.91 Å². The van der Waals surface area contributed by atoms with Gasteiger partial charge in [-0.15, -0.1) is 0 Å². The van der Waals surface area contributed by atoms with E-state index in [9.17, 15) is 4.79 Å². The monoisotopic (exact) mass is 309 g/mol. The average molecular weight is 309 g/mol. The molecule has 1 aromatic heterocycles. The maximum absolute atomic E-state index is 12.8. The first kappa shape index (κ1) is 14.5. The first-order valence-electron chi connectivity index (χ1n) is 8.57. The van der Waals surface area contributed by atoms with Crippen molar-refractivity contribution >= 4 is 5.91 Å². The van der Waals surface area contributed by atoms with Crippen molar-refractivity contribution < 1.29 is 4.79 Å². The van der Waals surface area contributed by atoms with Gasteiger partial charge in [0.1, 0.15) is 0 Å². The molecule has 120 valence electrons. The standard InChI is InChI=1S/C19H23N3O/c1-14-5-2-6-15(11-14)17-12-18(17)19(23)21-9-3-7-16(13-21)22-10-4-8-20-22/h2,4-6,8,10-11,16-18H,3,7,9,12-13H2,1H3. The zero-order valence-corrected chi connectivity index (χ0v) is 13.6. The summed E-state index contributed by atoms with van der Waals surface area (Å²) in [5.41, 5.74) is 2.60. The van der Waals surface area contributed by atoms with Gasteiger partial charge in [0.15, 0.2) is 0 Å². The number of amides is 1.